The molecular weight excluding hydrogens is 376 g/mol. The molecule has 1 N–H and O–H groups in total. The maximum Gasteiger partial charge on any atom is 0.414 e. The van der Waals surface area contributed by atoms with Crippen LogP contribution in [0.2, 0.25) is 0 Å². The Kier molecular flexibility index (Phi) is 5.39. The lowest BCUT2D eigenvalue weighted by Gasteiger charge is -2.32. The fourth-order valence-electron chi connectivity index (χ4n) is 3.10. The van der Waals surface area contributed by atoms with Crippen LogP contribution in [0.15, 0.2) is 47.4 Å². The highest BCUT2D eigenvalue weighted by molar-refractivity contribution is 7.92. The molecule has 0 atom stereocenters. The summed E-state index contributed by atoms with van der Waals surface area (Å²) >= 11 is 0. The topological polar surface area (TPSA) is 75.7 Å². The van der Waals surface area contributed by atoms with Crippen LogP contribution < -0.4 is 9.62 Å². The van der Waals surface area contributed by atoms with Crippen LogP contribution in [-0.2, 0) is 21.2 Å². The minimum Gasteiger partial charge on any atom is -0.443 e. The molecule has 0 saturated heterocycles. The van der Waals surface area contributed by atoms with Crippen LogP contribution in [0.1, 0.15) is 38.3 Å². The number of fused-ring (bicyclic) bond motifs is 1. The molecule has 0 saturated carbocycles. The van der Waals surface area contributed by atoms with Gasteiger partial charge in [0.2, 0.25) is 0 Å². The number of amides is 1. The number of carbonyl (C=O) groups excluding carboxylic acids is 1. The molecule has 0 radical (unpaired) electrons. The molecule has 6 nitrogen and oxygen atoms in total. The van der Waals surface area contributed by atoms with Crippen molar-refractivity contribution in [3.05, 3.63) is 53.6 Å². The van der Waals surface area contributed by atoms with Crippen molar-refractivity contribution in [2.45, 2.75) is 51.0 Å². The Labute approximate surface area is 166 Å². The number of aryl methyl sites for hydroxylation is 2. The van der Waals surface area contributed by atoms with Crippen molar-refractivity contribution < 1.29 is 17.9 Å². The van der Waals surface area contributed by atoms with E-state index in [1.807, 2.05) is 27.7 Å². The van der Waals surface area contributed by atoms with Gasteiger partial charge in [0.15, 0.2) is 0 Å². The molecule has 28 heavy (non-hydrogen) atoms. The smallest absolute Gasteiger partial charge is 0.414 e. The van der Waals surface area contributed by atoms with E-state index in [0.29, 0.717) is 12.2 Å². The van der Waals surface area contributed by atoms with E-state index in [1.54, 1.807) is 47.4 Å². The average molecular weight is 403 g/mol. The Balaban J connectivity index is 1.83. The van der Waals surface area contributed by atoms with Gasteiger partial charge in [-0.05, 0) is 76.4 Å². The lowest BCUT2D eigenvalue weighted by Crippen LogP contribution is -2.39. The summed E-state index contributed by atoms with van der Waals surface area (Å²) in [4.78, 5) is 14.3. The molecule has 2 aromatic carbocycles. The maximum atomic E-state index is 12.6. The van der Waals surface area contributed by atoms with E-state index in [1.165, 1.54) is 0 Å². The first-order valence-corrected chi connectivity index (χ1v) is 10.8. The molecule has 0 bridgehead atoms. The third-order valence-corrected chi connectivity index (χ3v) is 5.79. The SMILES string of the molecule is Cc1ccc(S(=O)(=O)Nc2ccc3c(c2)CCCN3C(=O)OC(C)(C)C)cc1. The quantitative estimate of drug-likeness (QED) is 0.821. The summed E-state index contributed by atoms with van der Waals surface area (Å²) in [5, 5.41) is 0. The second-order valence-corrected chi connectivity index (χ2v) is 9.68. The molecule has 3 rings (SSSR count). The van der Waals surface area contributed by atoms with Gasteiger partial charge in [0.25, 0.3) is 10.0 Å². The van der Waals surface area contributed by atoms with Crippen LogP contribution in [0.25, 0.3) is 0 Å². The van der Waals surface area contributed by atoms with Crippen LogP contribution in [0.4, 0.5) is 16.2 Å². The fraction of sp³-hybridized carbons (Fsp3) is 0.381. The summed E-state index contributed by atoms with van der Waals surface area (Å²) < 4.78 is 33.3. The maximum absolute atomic E-state index is 12.6. The molecular formula is C21H26N2O4S. The Bertz CT molecular complexity index is 976. The second kappa shape index (κ2) is 7.47. The van der Waals surface area contributed by atoms with E-state index >= 15 is 0 Å². The van der Waals surface area contributed by atoms with Crippen molar-refractivity contribution in [1.29, 1.82) is 0 Å². The Morgan fingerprint density at radius 2 is 1.79 bits per heavy atom. The van der Waals surface area contributed by atoms with Gasteiger partial charge in [0, 0.05) is 12.2 Å². The van der Waals surface area contributed by atoms with E-state index in [9.17, 15) is 13.2 Å². The summed E-state index contributed by atoms with van der Waals surface area (Å²) in [6.45, 7) is 7.98. The van der Waals surface area contributed by atoms with Crippen LogP contribution in [0.3, 0.4) is 0 Å². The summed E-state index contributed by atoms with van der Waals surface area (Å²) in [5.41, 5.74) is 2.58. The zero-order chi connectivity index (χ0) is 20.5. The van der Waals surface area contributed by atoms with Crippen molar-refractivity contribution in [3.8, 4) is 0 Å². The molecule has 0 fully saturated rings. The Morgan fingerprint density at radius 1 is 1.11 bits per heavy atom. The number of nitrogens with one attached hydrogen (secondary N) is 1. The van der Waals surface area contributed by atoms with Crippen LogP contribution in [0.5, 0.6) is 0 Å². The van der Waals surface area contributed by atoms with Crippen molar-refractivity contribution in [1.82, 2.24) is 0 Å². The Morgan fingerprint density at radius 3 is 2.43 bits per heavy atom. The summed E-state index contributed by atoms with van der Waals surface area (Å²) in [6, 6.07) is 11.9. The predicted molar refractivity (Wildman–Crippen MR) is 110 cm³/mol. The van der Waals surface area contributed by atoms with Gasteiger partial charge < -0.3 is 4.74 Å². The number of ether oxygens (including phenoxy) is 1. The normalized spacial score (nSPS) is 14.4. The molecule has 1 aliphatic heterocycles. The van der Waals surface area contributed by atoms with Crippen molar-refractivity contribution >= 4 is 27.5 Å². The van der Waals surface area contributed by atoms with Gasteiger partial charge >= 0.3 is 6.09 Å². The first kappa shape index (κ1) is 20.2. The highest BCUT2D eigenvalue weighted by Crippen LogP contribution is 2.31. The second-order valence-electron chi connectivity index (χ2n) is 8.00. The molecule has 1 aliphatic rings. The molecule has 1 amide bonds. The van der Waals surface area contributed by atoms with Crippen LogP contribution in [-0.4, -0.2) is 26.7 Å². The van der Waals surface area contributed by atoms with E-state index in [2.05, 4.69) is 4.72 Å². The molecule has 1 heterocycles. The first-order valence-electron chi connectivity index (χ1n) is 9.28. The van der Waals surface area contributed by atoms with Gasteiger partial charge in [-0.1, -0.05) is 17.7 Å². The molecule has 0 aliphatic carbocycles. The number of hydrogen-bond acceptors (Lipinski definition) is 4. The highest BCUT2D eigenvalue weighted by Gasteiger charge is 2.27. The zero-order valence-electron chi connectivity index (χ0n) is 16.7. The first-order chi connectivity index (χ1) is 13.0. The van der Waals surface area contributed by atoms with E-state index in [-0.39, 0.29) is 11.0 Å². The lowest BCUT2D eigenvalue weighted by molar-refractivity contribution is 0.0578. The summed E-state index contributed by atoms with van der Waals surface area (Å²) in [7, 11) is -3.67. The van der Waals surface area contributed by atoms with Crippen LogP contribution >= 0.6 is 0 Å². The van der Waals surface area contributed by atoms with Gasteiger partial charge in [-0.3, -0.25) is 9.62 Å². The standard InChI is InChI=1S/C21H26N2O4S/c1-15-7-10-18(11-8-15)28(25,26)22-17-9-12-19-16(14-17)6-5-13-23(19)20(24)27-21(2,3)4/h7-12,14,22H,5-6,13H2,1-4H3. The lowest BCUT2D eigenvalue weighted by atomic mass is 10.0. The molecule has 0 aromatic heterocycles. The minimum absolute atomic E-state index is 0.214. The zero-order valence-corrected chi connectivity index (χ0v) is 17.5. The van der Waals surface area contributed by atoms with Gasteiger partial charge in [-0.25, -0.2) is 13.2 Å². The molecule has 2 aromatic rings. The number of anilines is 2. The molecule has 7 heteroatoms. The monoisotopic (exact) mass is 402 g/mol. The fourth-order valence-corrected chi connectivity index (χ4v) is 4.15. The summed E-state index contributed by atoms with van der Waals surface area (Å²) in [5.74, 6) is 0. The molecule has 0 spiro atoms. The third-order valence-electron chi connectivity index (χ3n) is 4.40. The largest absolute Gasteiger partial charge is 0.443 e. The molecule has 150 valence electrons. The van der Waals surface area contributed by atoms with E-state index in [4.69, 9.17) is 4.74 Å². The average Bonchev–Trinajstić information content (AvgIpc) is 2.59. The third kappa shape index (κ3) is 4.65. The number of rotatable bonds is 3. The number of hydrogen-bond donors (Lipinski definition) is 1. The van der Waals surface area contributed by atoms with E-state index in [0.717, 1.165) is 29.7 Å². The predicted octanol–water partition coefficient (Wildman–Crippen LogP) is 4.48. The Hall–Kier alpha value is -2.54. The number of benzene rings is 2. The van der Waals surface area contributed by atoms with Gasteiger partial charge in [0.05, 0.1) is 10.6 Å². The van der Waals surface area contributed by atoms with Gasteiger partial charge in [-0.15, -0.1) is 0 Å². The highest BCUT2D eigenvalue weighted by atomic mass is 32.2. The summed E-state index contributed by atoms with van der Waals surface area (Å²) in [6.07, 6.45) is 1.18. The van der Waals surface area contributed by atoms with Crippen molar-refractivity contribution in [2.75, 3.05) is 16.2 Å². The van der Waals surface area contributed by atoms with Crippen molar-refractivity contribution in [3.63, 3.8) is 0 Å². The van der Waals surface area contributed by atoms with Crippen LogP contribution in [0, 0.1) is 6.92 Å². The van der Waals surface area contributed by atoms with E-state index < -0.39 is 15.6 Å². The number of carbonyl (C=O) groups is 1. The van der Waals surface area contributed by atoms with Gasteiger partial charge in [-0.2, -0.15) is 0 Å². The minimum atomic E-state index is -3.67. The molecule has 0 unspecified atom stereocenters. The number of nitrogens with zero attached hydrogens (tertiary/aromatic N) is 1. The van der Waals surface area contributed by atoms with Crippen molar-refractivity contribution in [2.24, 2.45) is 0 Å². The van der Waals surface area contributed by atoms with Gasteiger partial charge in [0.1, 0.15) is 5.60 Å². The number of sulfonamides is 1.